The average molecular weight is 237 g/mol. The molecule has 0 saturated heterocycles. The maximum absolute atomic E-state index is 10.8. The van der Waals surface area contributed by atoms with Crippen molar-refractivity contribution in [2.45, 2.75) is 6.92 Å². The fraction of sp³-hybridized carbons (Fsp3) is 0.429. The van der Waals surface area contributed by atoms with Crippen LogP contribution in [0.5, 0.6) is 0 Å². The molecule has 86 valence electrons. The number of ether oxygens (including phenoxy) is 1. The molecule has 0 radical (unpaired) electrons. The highest BCUT2D eigenvalue weighted by Crippen LogP contribution is 2.31. The maximum Gasteiger partial charge on any atom is 0.340 e. The SMILES string of the molecule is C=C(C)C(=O)OC(=O)CNCP(=O)(O)O. The van der Waals surface area contributed by atoms with Crippen LogP contribution in [-0.2, 0) is 18.9 Å². The standard InChI is InChI=1S/C7H12NO6P/c1-5(2)7(10)14-6(9)3-8-4-15(11,12)13/h8H,1,3-4H2,2H3,(H2,11,12,13). The van der Waals surface area contributed by atoms with Gasteiger partial charge in [-0.25, -0.2) is 4.79 Å². The van der Waals surface area contributed by atoms with Crippen molar-refractivity contribution < 1.29 is 28.7 Å². The summed E-state index contributed by atoms with van der Waals surface area (Å²) in [6.45, 7) is 4.18. The molecule has 0 aliphatic rings. The van der Waals surface area contributed by atoms with E-state index < -0.39 is 32.4 Å². The Hall–Kier alpha value is -1.01. The zero-order chi connectivity index (χ0) is 12.1. The van der Waals surface area contributed by atoms with Crippen LogP contribution in [0.3, 0.4) is 0 Å². The van der Waals surface area contributed by atoms with Gasteiger partial charge in [-0.05, 0) is 6.92 Å². The summed E-state index contributed by atoms with van der Waals surface area (Å²) in [4.78, 5) is 38.5. The zero-order valence-electron chi connectivity index (χ0n) is 8.10. The lowest BCUT2D eigenvalue weighted by molar-refractivity contribution is -0.156. The highest BCUT2D eigenvalue weighted by molar-refractivity contribution is 7.51. The van der Waals surface area contributed by atoms with Crippen molar-refractivity contribution in [2.24, 2.45) is 0 Å². The third-order valence-corrected chi connectivity index (χ3v) is 1.78. The second-order valence-corrected chi connectivity index (χ2v) is 4.44. The molecule has 0 amide bonds. The minimum absolute atomic E-state index is 0.0679. The summed E-state index contributed by atoms with van der Waals surface area (Å²) in [5.74, 6) is -1.78. The predicted octanol–water partition coefficient (Wildman–Crippen LogP) is -0.643. The van der Waals surface area contributed by atoms with Gasteiger partial charge >= 0.3 is 19.5 Å². The number of nitrogens with one attached hydrogen (secondary N) is 1. The Morgan fingerprint density at radius 3 is 2.40 bits per heavy atom. The fourth-order valence-electron chi connectivity index (χ4n) is 0.530. The molecule has 0 heterocycles. The normalized spacial score (nSPS) is 10.9. The number of rotatable bonds is 5. The van der Waals surface area contributed by atoms with Crippen LogP contribution < -0.4 is 5.32 Å². The Labute approximate surface area is 86.3 Å². The molecule has 0 rings (SSSR count). The minimum Gasteiger partial charge on any atom is -0.389 e. The quantitative estimate of drug-likeness (QED) is 0.252. The van der Waals surface area contributed by atoms with Crippen LogP contribution in [0.4, 0.5) is 0 Å². The Balaban J connectivity index is 3.82. The lowest BCUT2D eigenvalue weighted by Gasteiger charge is -2.05. The average Bonchev–Trinajstić information content (AvgIpc) is 2.01. The Bertz CT molecular complexity index is 319. The fourth-order valence-corrected chi connectivity index (χ4v) is 0.933. The molecule has 0 aromatic heterocycles. The van der Waals surface area contributed by atoms with Gasteiger partial charge in [0, 0.05) is 5.57 Å². The molecule has 0 aromatic carbocycles. The number of hydrogen-bond acceptors (Lipinski definition) is 5. The number of carbonyl (C=O) groups is 2. The Morgan fingerprint density at radius 1 is 1.47 bits per heavy atom. The molecule has 0 aromatic rings. The second kappa shape index (κ2) is 5.77. The van der Waals surface area contributed by atoms with Crippen LogP contribution in [0, 0.1) is 0 Å². The molecule has 0 saturated carbocycles. The van der Waals surface area contributed by atoms with Crippen LogP contribution >= 0.6 is 7.60 Å². The van der Waals surface area contributed by atoms with E-state index in [1.54, 1.807) is 0 Å². The number of hydrogen-bond donors (Lipinski definition) is 3. The van der Waals surface area contributed by atoms with Gasteiger partial charge in [0.2, 0.25) is 0 Å². The van der Waals surface area contributed by atoms with Crippen molar-refractivity contribution in [1.29, 1.82) is 0 Å². The van der Waals surface area contributed by atoms with Crippen molar-refractivity contribution in [3.63, 3.8) is 0 Å². The molecule has 7 nitrogen and oxygen atoms in total. The molecule has 0 atom stereocenters. The molecule has 0 bridgehead atoms. The van der Waals surface area contributed by atoms with Gasteiger partial charge in [-0.2, -0.15) is 0 Å². The van der Waals surface area contributed by atoms with Crippen molar-refractivity contribution in [3.05, 3.63) is 12.2 Å². The van der Waals surface area contributed by atoms with Crippen molar-refractivity contribution in [3.8, 4) is 0 Å². The van der Waals surface area contributed by atoms with Crippen molar-refractivity contribution in [1.82, 2.24) is 5.32 Å². The monoisotopic (exact) mass is 237 g/mol. The van der Waals surface area contributed by atoms with Crippen LogP contribution in [-0.4, -0.2) is 34.6 Å². The first kappa shape index (κ1) is 14.0. The number of esters is 2. The molecule has 0 aliphatic heterocycles. The first-order valence-electron chi connectivity index (χ1n) is 3.88. The van der Waals surface area contributed by atoms with E-state index in [1.807, 2.05) is 0 Å². The van der Waals surface area contributed by atoms with E-state index in [4.69, 9.17) is 9.79 Å². The van der Waals surface area contributed by atoms with Gasteiger partial charge in [-0.1, -0.05) is 6.58 Å². The molecule has 0 fully saturated rings. The summed E-state index contributed by atoms with van der Waals surface area (Å²) in [6, 6.07) is 0. The van der Waals surface area contributed by atoms with Gasteiger partial charge in [0.25, 0.3) is 0 Å². The van der Waals surface area contributed by atoms with Gasteiger partial charge in [-0.15, -0.1) is 0 Å². The highest BCUT2D eigenvalue weighted by Gasteiger charge is 2.15. The third-order valence-electron chi connectivity index (χ3n) is 1.14. The third kappa shape index (κ3) is 8.02. The highest BCUT2D eigenvalue weighted by atomic mass is 31.2. The summed E-state index contributed by atoms with van der Waals surface area (Å²) in [5.41, 5.74) is 0.0679. The molecule has 0 aliphatic carbocycles. The first-order valence-corrected chi connectivity index (χ1v) is 5.68. The minimum atomic E-state index is -4.20. The van der Waals surface area contributed by atoms with Gasteiger partial charge in [0.15, 0.2) is 0 Å². The molecule has 3 N–H and O–H groups in total. The largest absolute Gasteiger partial charge is 0.389 e. The Kier molecular flexibility index (Phi) is 5.38. The summed E-state index contributed by atoms with van der Waals surface area (Å²) >= 11 is 0. The smallest absolute Gasteiger partial charge is 0.340 e. The van der Waals surface area contributed by atoms with E-state index in [0.29, 0.717) is 0 Å². The summed E-state index contributed by atoms with van der Waals surface area (Å²) in [5, 5.41) is 2.15. The van der Waals surface area contributed by atoms with Gasteiger partial charge in [-0.3, -0.25) is 14.7 Å². The van der Waals surface area contributed by atoms with E-state index in [9.17, 15) is 14.2 Å². The summed E-state index contributed by atoms with van der Waals surface area (Å²) in [6.07, 6.45) is -0.649. The van der Waals surface area contributed by atoms with Crippen LogP contribution in [0.1, 0.15) is 6.92 Å². The maximum atomic E-state index is 10.8. The van der Waals surface area contributed by atoms with E-state index in [0.717, 1.165) is 0 Å². The Morgan fingerprint density at radius 2 is 2.00 bits per heavy atom. The molecular weight excluding hydrogens is 225 g/mol. The molecule has 0 unspecified atom stereocenters. The molecular formula is C7H12NO6P. The second-order valence-electron chi connectivity index (χ2n) is 2.79. The van der Waals surface area contributed by atoms with E-state index in [-0.39, 0.29) is 5.57 Å². The number of carbonyl (C=O) groups excluding carboxylic acids is 2. The summed E-state index contributed by atoms with van der Waals surface area (Å²) < 4.78 is 14.6. The van der Waals surface area contributed by atoms with Gasteiger partial charge in [0.05, 0.1) is 12.8 Å². The van der Waals surface area contributed by atoms with Gasteiger partial charge < -0.3 is 14.5 Å². The summed E-state index contributed by atoms with van der Waals surface area (Å²) in [7, 11) is -4.20. The predicted molar refractivity (Wildman–Crippen MR) is 50.8 cm³/mol. The van der Waals surface area contributed by atoms with Crippen LogP contribution in [0.15, 0.2) is 12.2 Å². The molecule has 15 heavy (non-hydrogen) atoms. The lowest BCUT2D eigenvalue weighted by atomic mass is 10.4. The lowest BCUT2D eigenvalue weighted by Crippen LogP contribution is -2.27. The van der Waals surface area contributed by atoms with E-state index in [2.05, 4.69) is 16.6 Å². The van der Waals surface area contributed by atoms with E-state index >= 15 is 0 Å². The topological polar surface area (TPSA) is 113 Å². The van der Waals surface area contributed by atoms with E-state index in [1.165, 1.54) is 6.92 Å². The van der Waals surface area contributed by atoms with Crippen LogP contribution in [0.25, 0.3) is 0 Å². The zero-order valence-corrected chi connectivity index (χ0v) is 8.99. The van der Waals surface area contributed by atoms with Crippen molar-refractivity contribution in [2.75, 3.05) is 12.8 Å². The molecule has 0 spiro atoms. The van der Waals surface area contributed by atoms with Gasteiger partial charge in [0.1, 0.15) is 0 Å². The van der Waals surface area contributed by atoms with Crippen LogP contribution in [0.2, 0.25) is 0 Å². The van der Waals surface area contributed by atoms with Crippen molar-refractivity contribution >= 4 is 19.5 Å². The molecule has 8 heteroatoms. The first-order chi connectivity index (χ1) is 6.72.